The third-order valence-corrected chi connectivity index (χ3v) is 2.37. The summed E-state index contributed by atoms with van der Waals surface area (Å²) in [7, 11) is 1.50. The van der Waals surface area contributed by atoms with Gasteiger partial charge >= 0.3 is 0 Å². The minimum Gasteiger partial charge on any atom is -0.240 e. The average molecular weight is 166 g/mol. The monoisotopic (exact) mass is 165 g/mol. The second-order valence-corrected chi connectivity index (χ2v) is 2.85. The van der Waals surface area contributed by atoms with E-state index < -0.39 is 0 Å². The van der Waals surface area contributed by atoms with Crippen molar-refractivity contribution in [2.75, 3.05) is 13.7 Å². The fraction of sp³-hybridized carbons (Fsp3) is 1.00. The summed E-state index contributed by atoms with van der Waals surface area (Å²) in [6.45, 7) is 0.535. The van der Waals surface area contributed by atoms with Gasteiger partial charge in [0.2, 0.25) is 0 Å². The highest BCUT2D eigenvalue weighted by atomic mass is 35.5. The molecule has 0 aromatic carbocycles. The number of nitrogens with one attached hydrogen (secondary N) is 1. The Morgan fingerprint density at radius 1 is 1.60 bits per heavy atom. The smallest absolute Gasteiger partial charge is 0.102 e. The molecule has 1 rings (SSSR count). The van der Waals surface area contributed by atoms with Crippen LogP contribution in [0.2, 0.25) is 0 Å². The van der Waals surface area contributed by atoms with Gasteiger partial charge in [0.1, 0.15) is 6.61 Å². The largest absolute Gasteiger partial charge is 0.240 e. The number of hydrogen-bond donors (Lipinski definition) is 1. The molecule has 1 N–H and O–H groups in total. The highest BCUT2D eigenvalue weighted by Gasteiger charge is 2.36. The van der Waals surface area contributed by atoms with E-state index in [1.807, 2.05) is 0 Å². The summed E-state index contributed by atoms with van der Waals surface area (Å²) in [6, 6.07) is 0. The molecule has 1 fully saturated rings. The van der Waals surface area contributed by atoms with E-state index in [1.165, 1.54) is 13.5 Å². The second-order valence-electron chi connectivity index (χ2n) is 2.66. The molecule has 4 heteroatoms. The zero-order chi connectivity index (χ0) is 7.45. The van der Waals surface area contributed by atoms with Crippen molar-refractivity contribution in [1.29, 1.82) is 0 Å². The van der Waals surface area contributed by atoms with Crippen LogP contribution in [0.15, 0.2) is 0 Å². The quantitative estimate of drug-likeness (QED) is 0.386. The molecule has 0 amide bonds. The van der Waals surface area contributed by atoms with Gasteiger partial charge in [0, 0.05) is 0 Å². The molecule has 0 aliphatic heterocycles. The Balaban J connectivity index is 2.20. The fourth-order valence-electron chi connectivity index (χ4n) is 1.04. The standard InChI is InChI=1S/C6H12ClNO2/c1-9-10-5-6(8-7)3-2-4-6/h8H,2-5H2,1H3. The molecule has 0 aromatic heterocycles. The molecule has 0 bridgehead atoms. The lowest BCUT2D eigenvalue weighted by Gasteiger charge is -2.39. The first-order chi connectivity index (χ1) is 4.83. The van der Waals surface area contributed by atoms with E-state index in [2.05, 4.69) is 9.72 Å². The zero-order valence-corrected chi connectivity index (χ0v) is 6.78. The average Bonchev–Trinajstić information content (AvgIpc) is 1.87. The van der Waals surface area contributed by atoms with E-state index in [1.54, 1.807) is 0 Å². The van der Waals surface area contributed by atoms with Gasteiger partial charge in [0.05, 0.1) is 12.6 Å². The molecule has 0 aromatic rings. The van der Waals surface area contributed by atoms with Gasteiger partial charge in [-0.3, -0.25) is 0 Å². The lowest BCUT2D eigenvalue weighted by molar-refractivity contribution is -0.286. The van der Waals surface area contributed by atoms with Crippen LogP contribution in [0.3, 0.4) is 0 Å². The highest BCUT2D eigenvalue weighted by Crippen LogP contribution is 2.32. The third kappa shape index (κ3) is 1.61. The number of hydrogen-bond acceptors (Lipinski definition) is 3. The van der Waals surface area contributed by atoms with Crippen molar-refractivity contribution >= 4 is 11.8 Å². The number of rotatable bonds is 4. The Hall–Kier alpha value is 0.170. The van der Waals surface area contributed by atoms with Gasteiger partial charge in [-0.2, -0.15) is 0 Å². The molecule has 10 heavy (non-hydrogen) atoms. The van der Waals surface area contributed by atoms with Crippen molar-refractivity contribution in [2.24, 2.45) is 0 Å². The maximum Gasteiger partial charge on any atom is 0.102 e. The molecule has 0 unspecified atom stereocenters. The summed E-state index contributed by atoms with van der Waals surface area (Å²) in [5.74, 6) is 0. The first-order valence-corrected chi connectivity index (χ1v) is 3.74. The predicted octanol–water partition coefficient (Wildman–Crippen LogP) is 1.23. The van der Waals surface area contributed by atoms with Crippen molar-refractivity contribution in [2.45, 2.75) is 24.8 Å². The summed E-state index contributed by atoms with van der Waals surface area (Å²) in [6.07, 6.45) is 3.35. The molecular weight excluding hydrogens is 154 g/mol. The van der Waals surface area contributed by atoms with Crippen LogP contribution in [0.1, 0.15) is 19.3 Å². The maximum absolute atomic E-state index is 5.51. The molecule has 1 aliphatic rings. The SMILES string of the molecule is COOCC1(NCl)CCC1. The molecule has 3 nitrogen and oxygen atoms in total. The van der Waals surface area contributed by atoms with Crippen molar-refractivity contribution < 1.29 is 9.78 Å². The third-order valence-electron chi connectivity index (χ3n) is 1.96. The summed E-state index contributed by atoms with van der Waals surface area (Å²) < 4.78 is 0. The van der Waals surface area contributed by atoms with Crippen LogP contribution in [-0.4, -0.2) is 19.3 Å². The van der Waals surface area contributed by atoms with E-state index in [4.69, 9.17) is 16.7 Å². The van der Waals surface area contributed by atoms with Crippen molar-refractivity contribution in [3.63, 3.8) is 0 Å². The lowest BCUT2D eigenvalue weighted by atomic mass is 9.78. The van der Waals surface area contributed by atoms with Gasteiger partial charge in [-0.05, 0) is 31.0 Å². The maximum atomic E-state index is 5.51. The van der Waals surface area contributed by atoms with Crippen LogP contribution < -0.4 is 4.84 Å². The van der Waals surface area contributed by atoms with E-state index in [0.29, 0.717) is 6.61 Å². The van der Waals surface area contributed by atoms with Crippen LogP contribution in [0.4, 0.5) is 0 Å². The van der Waals surface area contributed by atoms with Gasteiger partial charge in [0.25, 0.3) is 0 Å². The Morgan fingerprint density at radius 3 is 2.60 bits per heavy atom. The summed E-state index contributed by atoms with van der Waals surface area (Å²) in [5, 5.41) is 0. The zero-order valence-electron chi connectivity index (χ0n) is 6.02. The van der Waals surface area contributed by atoms with Gasteiger partial charge in [-0.25, -0.2) is 14.6 Å². The van der Waals surface area contributed by atoms with Crippen molar-refractivity contribution in [3.05, 3.63) is 0 Å². The molecule has 1 saturated carbocycles. The summed E-state index contributed by atoms with van der Waals surface area (Å²) in [4.78, 5) is 12.0. The van der Waals surface area contributed by atoms with Gasteiger partial charge in [-0.15, -0.1) is 0 Å². The normalized spacial score (nSPS) is 22.2. The molecule has 0 saturated heterocycles. The molecule has 0 spiro atoms. The van der Waals surface area contributed by atoms with Gasteiger partial charge in [-0.1, -0.05) is 0 Å². The Bertz CT molecular complexity index is 100. The van der Waals surface area contributed by atoms with Crippen molar-refractivity contribution in [3.8, 4) is 0 Å². The Labute approximate surface area is 65.7 Å². The van der Waals surface area contributed by atoms with Crippen LogP contribution in [0.25, 0.3) is 0 Å². The van der Waals surface area contributed by atoms with Gasteiger partial charge < -0.3 is 0 Å². The summed E-state index contributed by atoms with van der Waals surface area (Å²) in [5.41, 5.74) is -0.0163. The first kappa shape index (κ1) is 8.27. The van der Waals surface area contributed by atoms with Crippen LogP contribution in [0, 0.1) is 0 Å². The fourth-order valence-corrected chi connectivity index (χ4v) is 1.28. The predicted molar refractivity (Wildman–Crippen MR) is 38.5 cm³/mol. The van der Waals surface area contributed by atoms with Gasteiger partial charge in [0.15, 0.2) is 0 Å². The minimum absolute atomic E-state index is 0.0163. The molecule has 0 radical (unpaired) electrons. The van der Waals surface area contributed by atoms with E-state index in [-0.39, 0.29) is 5.54 Å². The van der Waals surface area contributed by atoms with E-state index in [9.17, 15) is 0 Å². The summed E-state index contributed by atoms with van der Waals surface area (Å²) >= 11 is 5.51. The second kappa shape index (κ2) is 3.53. The van der Waals surface area contributed by atoms with E-state index >= 15 is 0 Å². The molecular formula is C6H12ClNO2. The topological polar surface area (TPSA) is 30.5 Å². The molecule has 0 heterocycles. The van der Waals surface area contributed by atoms with E-state index in [0.717, 1.165) is 12.8 Å². The Kier molecular flexibility index (Phi) is 2.92. The lowest BCUT2D eigenvalue weighted by Crippen LogP contribution is -2.50. The minimum atomic E-state index is -0.0163. The first-order valence-electron chi connectivity index (χ1n) is 3.36. The Morgan fingerprint density at radius 2 is 2.30 bits per heavy atom. The molecule has 60 valence electrons. The number of halogens is 1. The van der Waals surface area contributed by atoms with Crippen LogP contribution in [-0.2, 0) is 9.78 Å². The molecule has 0 atom stereocenters. The van der Waals surface area contributed by atoms with Crippen LogP contribution in [0.5, 0.6) is 0 Å². The highest BCUT2D eigenvalue weighted by molar-refractivity contribution is 6.14. The van der Waals surface area contributed by atoms with Crippen LogP contribution >= 0.6 is 11.8 Å². The molecule has 1 aliphatic carbocycles. The van der Waals surface area contributed by atoms with Crippen molar-refractivity contribution in [1.82, 2.24) is 4.84 Å².